The number of amides is 1. The predicted octanol–water partition coefficient (Wildman–Crippen LogP) is 1.82. The second-order valence-corrected chi connectivity index (χ2v) is 9.68. The third kappa shape index (κ3) is 3.81. The van der Waals surface area contributed by atoms with Crippen LogP contribution in [-0.2, 0) is 21.5 Å². The van der Waals surface area contributed by atoms with Crippen LogP contribution in [0.2, 0.25) is 0 Å². The van der Waals surface area contributed by atoms with Gasteiger partial charge in [-0.05, 0) is 49.8 Å². The van der Waals surface area contributed by atoms with E-state index in [0.717, 1.165) is 23.7 Å². The number of aryl methyl sites for hydroxylation is 1. The molecular weight excluding hydrogens is 376 g/mol. The van der Waals surface area contributed by atoms with Crippen molar-refractivity contribution in [2.45, 2.75) is 32.7 Å². The zero-order valence-corrected chi connectivity index (χ0v) is 17.2. The highest BCUT2D eigenvalue weighted by Gasteiger charge is 2.33. The molecule has 2 fully saturated rings. The lowest BCUT2D eigenvalue weighted by atomic mass is 10.2. The molecule has 0 bridgehead atoms. The van der Waals surface area contributed by atoms with Crippen LogP contribution in [0.3, 0.4) is 0 Å². The van der Waals surface area contributed by atoms with Crippen LogP contribution in [0.4, 0.5) is 0 Å². The van der Waals surface area contributed by atoms with Crippen LogP contribution in [0.5, 0.6) is 0 Å². The molecule has 8 heteroatoms. The lowest BCUT2D eigenvalue weighted by Crippen LogP contribution is -2.44. The molecule has 0 unspecified atom stereocenters. The van der Waals surface area contributed by atoms with E-state index in [9.17, 15) is 13.2 Å². The summed E-state index contributed by atoms with van der Waals surface area (Å²) >= 11 is 0. The van der Waals surface area contributed by atoms with E-state index in [4.69, 9.17) is 0 Å². The Morgan fingerprint density at radius 1 is 0.929 bits per heavy atom. The van der Waals surface area contributed by atoms with Gasteiger partial charge in [0, 0.05) is 51.0 Å². The van der Waals surface area contributed by atoms with E-state index in [0.29, 0.717) is 45.7 Å². The SMILES string of the molecule is Cc1ccc2c(ccn2CC(=O)N2CCCN(S(=O)(=O)N3CCCC3)CC2)c1. The number of carbonyl (C=O) groups is 1. The maximum absolute atomic E-state index is 12.9. The highest BCUT2D eigenvalue weighted by atomic mass is 32.2. The van der Waals surface area contributed by atoms with Crippen molar-refractivity contribution in [3.63, 3.8) is 0 Å². The van der Waals surface area contributed by atoms with E-state index in [1.165, 1.54) is 5.56 Å². The lowest BCUT2D eigenvalue weighted by Gasteiger charge is -2.26. The molecule has 152 valence electrons. The van der Waals surface area contributed by atoms with Crippen molar-refractivity contribution in [2.24, 2.45) is 0 Å². The van der Waals surface area contributed by atoms with Gasteiger partial charge in [-0.3, -0.25) is 4.79 Å². The van der Waals surface area contributed by atoms with Crippen molar-refractivity contribution in [2.75, 3.05) is 39.3 Å². The number of aromatic nitrogens is 1. The van der Waals surface area contributed by atoms with Gasteiger partial charge in [0.15, 0.2) is 0 Å². The molecule has 0 atom stereocenters. The summed E-state index contributed by atoms with van der Waals surface area (Å²) in [6.07, 6.45) is 4.48. The highest BCUT2D eigenvalue weighted by molar-refractivity contribution is 7.86. The van der Waals surface area contributed by atoms with E-state index in [2.05, 4.69) is 19.1 Å². The van der Waals surface area contributed by atoms with Crippen LogP contribution in [0, 0.1) is 6.92 Å². The van der Waals surface area contributed by atoms with Crippen molar-refractivity contribution in [1.29, 1.82) is 0 Å². The Morgan fingerprint density at radius 2 is 1.64 bits per heavy atom. The molecular formula is C20H28N4O3S. The molecule has 3 heterocycles. The average Bonchev–Trinajstić information content (AvgIpc) is 3.26. The Hall–Kier alpha value is -1.90. The van der Waals surface area contributed by atoms with Crippen LogP contribution in [-0.4, -0.2) is 71.7 Å². The van der Waals surface area contributed by atoms with Crippen LogP contribution < -0.4 is 0 Å². The predicted molar refractivity (Wildman–Crippen MR) is 109 cm³/mol. The molecule has 2 aromatic rings. The summed E-state index contributed by atoms with van der Waals surface area (Å²) in [5, 5.41) is 1.13. The minimum atomic E-state index is -3.39. The lowest BCUT2D eigenvalue weighted by molar-refractivity contribution is -0.131. The second-order valence-electron chi connectivity index (χ2n) is 7.75. The third-order valence-electron chi connectivity index (χ3n) is 5.76. The van der Waals surface area contributed by atoms with Gasteiger partial charge in [0.1, 0.15) is 6.54 Å². The minimum Gasteiger partial charge on any atom is -0.340 e. The third-order valence-corrected chi connectivity index (χ3v) is 7.79. The van der Waals surface area contributed by atoms with E-state index >= 15 is 0 Å². The first-order valence-electron chi connectivity index (χ1n) is 10.0. The maximum Gasteiger partial charge on any atom is 0.282 e. The monoisotopic (exact) mass is 404 g/mol. The molecule has 0 spiro atoms. The number of rotatable bonds is 4. The summed E-state index contributed by atoms with van der Waals surface area (Å²) in [4.78, 5) is 14.7. The zero-order chi connectivity index (χ0) is 19.7. The molecule has 28 heavy (non-hydrogen) atoms. The van der Waals surface area contributed by atoms with Gasteiger partial charge < -0.3 is 9.47 Å². The van der Waals surface area contributed by atoms with Crippen molar-refractivity contribution < 1.29 is 13.2 Å². The fraction of sp³-hybridized carbons (Fsp3) is 0.550. The summed E-state index contributed by atoms with van der Waals surface area (Å²) in [5.74, 6) is 0.0403. The first kappa shape index (κ1) is 19.4. The summed E-state index contributed by atoms with van der Waals surface area (Å²) in [6.45, 7) is 5.47. The van der Waals surface area contributed by atoms with Gasteiger partial charge in [0.05, 0.1) is 0 Å². The van der Waals surface area contributed by atoms with Crippen molar-refractivity contribution >= 4 is 27.0 Å². The van der Waals surface area contributed by atoms with E-state index in [1.54, 1.807) is 13.5 Å². The summed E-state index contributed by atoms with van der Waals surface area (Å²) in [7, 11) is -3.39. The van der Waals surface area contributed by atoms with Gasteiger partial charge >= 0.3 is 0 Å². The summed E-state index contributed by atoms with van der Waals surface area (Å²) in [5.41, 5.74) is 2.25. The molecule has 0 saturated carbocycles. The van der Waals surface area contributed by atoms with Crippen LogP contribution in [0.15, 0.2) is 30.5 Å². The molecule has 1 aromatic heterocycles. The normalized spacial score (nSPS) is 20.0. The van der Waals surface area contributed by atoms with E-state index in [1.807, 2.05) is 22.9 Å². The van der Waals surface area contributed by atoms with Crippen LogP contribution in [0.1, 0.15) is 24.8 Å². The first-order valence-corrected chi connectivity index (χ1v) is 11.4. The van der Waals surface area contributed by atoms with Gasteiger partial charge in [0.2, 0.25) is 5.91 Å². The van der Waals surface area contributed by atoms with Gasteiger partial charge in [0.25, 0.3) is 10.2 Å². The smallest absolute Gasteiger partial charge is 0.282 e. The average molecular weight is 405 g/mol. The number of hydrogen-bond acceptors (Lipinski definition) is 3. The topological polar surface area (TPSA) is 65.9 Å². The summed E-state index contributed by atoms with van der Waals surface area (Å²) < 4.78 is 30.7. The van der Waals surface area contributed by atoms with Gasteiger partial charge in [-0.25, -0.2) is 0 Å². The molecule has 1 amide bonds. The van der Waals surface area contributed by atoms with Crippen molar-refractivity contribution in [3.8, 4) is 0 Å². The van der Waals surface area contributed by atoms with E-state index in [-0.39, 0.29) is 12.5 Å². The Balaban J connectivity index is 1.41. The molecule has 2 saturated heterocycles. The molecule has 0 N–H and O–H groups in total. The maximum atomic E-state index is 12.9. The van der Waals surface area contributed by atoms with E-state index < -0.39 is 10.2 Å². The molecule has 2 aliphatic rings. The Kier molecular flexibility index (Phi) is 5.44. The molecule has 7 nitrogen and oxygen atoms in total. The number of fused-ring (bicyclic) bond motifs is 1. The minimum absolute atomic E-state index is 0.0403. The quantitative estimate of drug-likeness (QED) is 0.781. The Labute approximate surface area is 166 Å². The fourth-order valence-corrected chi connectivity index (χ4v) is 5.88. The van der Waals surface area contributed by atoms with Crippen molar-refractivity contribution in [3.05, 3.63) is 36.0 Å². The zero-order valence-electron chi connectivity index (χ0n) is 16.4. The number of nitrogens with zero attached hydrogens (tertiary/aromatic N) is 4. The fourth-order valence-electron chi connectivity index (χ4n) is 4.16. The first-order chi connectivity index (χ1) is 13.4. The molecule has 2 aliphatic heterocycles. The van der Waals surface area contributed by atoms with Gasteiger partial charge in [-0.1, -0.05) is 11.6 Å². The van der Waals surface area contributed by atoms with Crippen molar-refractivity contribution in [1.82, 2.24) is 18.1 Å². The van der Waals surface area contributed by atoms with Crippen LogP contribution in [0.25, 0.3) is 10.9 Å². The Morgan fingerprint density at radius 3 is 2.43 bits per heavy atom. The standard InChI is InChI=1S/C20H28N4O3S/c1-17-5-6-19-18(15-17)7-12-22(19)16-20(25)21-8-4-11-24(14-13-21)28(26,27)23-9-2-3-10-23/h5-7,12,15H,2-4,8-11,13-14,16H2,1H3. The van der Waals surface area contributed by atoms with Gasteiger partial charge in [-0.15, -0.1) is 0 Å². The van der Waals surface area contributed by atoms with Crippen LogP contribution >= 0.6 is 0 Å². The largest absolute Gasteiger partial charge is 0.340 e. The number of carbonyl (C=O) groups excluding carboxylic acids is 1. The molecule has 0 aliphatic carbocycles. The molecule has 0 radical (unpaired) electrons. The second kappa shape index (κ2) is 7.85. The number of benzene rings is 1. The molecule has 1 aromatic carbocycles. The molecule has 4 rings (SSSR count). The highest BCUT2D eigenvalue weighted by Crippen LogP contribution is 2.20. The number of hydrogen-bond donors (Lipinski definition) is 0. The summed E-state index contributed by atoms with van der Waals surface area (Å²) in [6, 6.07) is 8.24. The van der Waals surface area contributed by atoms with Gasteiger partial charge in [-0.2, -0.15) is 17.0 Å². The Bertz CT molecular complexity index is 963.